The Morgan fingerprint density at radius 1 is 1.39 bits per heavy atom. The summed E-state index contributed by atoms with van der Waals surface area (Å²) in [4.78, 5) is 22.7. The summed E-state index contributed by atoms with van der Waals surface area (Å²) in [6, 6.07) is 6.91. The lowest BCUT2D eigenvalue weighted by atomic mass is 10.3. The average Bonchev–Trinajstić information content (AvgIpc) is 3.10. The van der Waals surface area contributed by atoms with Crippen LogP contribution in [0.2, 0.25) is 0 Å². The van der Waals surface area contributed by atoms with E-state index in [1.807, 2.05) is 6.07 Å². The van der Waals surface area contributed by atoms with Crippen LogP contribution in [0.15, 0.2) is 28.7 Å². The van der Waals surface area contributed by atoms with Crippen molar-refractivity contribution < 1.29 is 14.3 Å². The number of imide groups is 1. The van der Waals surface area contributed by atoms with Crippen LogP contribution in [0.5, 0.6) is 5.75 Å². The second-order valence-corrected chi connectivity index (χ2v) is 4.96. The fourth-order valence-corrected chi connectivity index (χ4v) is 1.70. The smallest absolute Gasteiger partial charge is 0.321 e. The summed E-state index contributed by atoms with van der Waals surface area (Å²) in [5.74, 6) is 0.107. The van der Waals surface area contributed by atoms with Gasteiger partial charge in [0.25, 0.3) is 5.91 Å². The van der Waals surface area contributed by atoms with Crippen LogP contribution in [-0.2, 0) is 4.79 Å². The Labute approximate surface area is 113 Å². The maximum absolute atomic E-state index is 11.4. The van der Waals surface area contributed by atoms with Crippen molar-refractivity contribution in [3.05, 3.63) is 28.7 Å². The van der Waals surface area contributed by atoms with E-state index in [9.17, 15) is 9.59 Å². The lowest BCUT2D eigenvalue weighted by Gasteiger charge is -2.07. The summed E-state index contributed by atoms with van der Waals surface area (Å²) in [6.07, 6.45) is 1.96. The minimum absolute atomic E-state index is 0.186. The third-order valence-electron chi connectivity index (χ3n) is 2.33. The molecule has 1 aromatic rings. The third kappa shape index (κ3) is 4.37. The van der Waals surface area contributed by atoms with Crippen molar-refractivity contribution in [3.63, 3.8) is 0 Å². The zero-order valence-corrected chi connectivity index (χ0v) is 11.2. The van der Waals surface area contributed by atoms with Crippen LogP contribution in [0.3, 0.4) is 0 Å². The first kappa shape index (κ1) is 12.9. The molecule has 3 amide bonds. The summed E-state index contributed by atoms with van der Waals surface area (Å²) < 4.78 is 6.12. The highest BCUT2D eigenvalue weighted by Crippen LogP contribution is 2.18. The van der Waals surface area contributed by atoms with Crippen molar-refractivity contribution in [2.24, 2.45) is 0 Å². The number of ether oxygens (including phenoxy) is 1. The molecule has 0 atom stereocenters. The van der Waals surface area contributed by atoms with E-state index in [0.717, 1.165) is 17.3 Å². The Kier molecular flexibility index (Phi) is 4.19. The van der Waals surface area contributed by atoms with Crippen LogP contribution in [0.1, 0.15) is 12.8 Å². The monoisotopic (exact) mass is 312 g/mol. The van der Waals surface area contributed by atoms with Crippen LogP contribution in [0, 0.1) is 0 Å². The van der Waals surface area contributed by atoms with Crippen molar-refractivity contribution in [1.29, 1.82) is 0 Å². The van der Waals surface area contributed by atoms with Gasteiger partial charge in [-0.25, -0.2) is 4.79 Å². The maximum atomic E-state index is 11.4. The molecule has 1 fully saturated rings. The lowest BCUT2D eigenvalue weighted by molar-refractivity contribution is -0.122. The van der Waals surface area contributed by atoms with Crippen LogP contribution < -0.4 is 15.4 Å². The Hall–Kier alpha value is -1.56. The van der Waals surface area contributed by atoms with Crippen LogP contribution >= 0.6 is 15.9 Å². The van der Waals surface area contributed by atoms with Gasteiger partial charge >= 0.3 is 6.03 Å². The number of nitrogens with one attached hydrogen (secondary N) is 2. The molecule has 1 saturated carbocycles. The highest BCUT2D eigenvalue weighted by atomic mass is 79.9. The number of carbonyl (C=O) groups is 2. The first-order chi connectivity index (χ1) is 8.63. The molecular weight excluding hydrogens is 300 g/mol. The van der Waals surface area contributed by atoms with Gasteiger partial charge in [-0.15, -0.1) is 0 Å². The number of rotatable bonds is 4. The average molecular weight is 313 g/mol. The number of halogens is 1. The SMILES string of the molecule is O=C(COc1cccc(Br)c1)NC(=O)NC1CC1. The summed E-state index contributed by atoms with van der Waals surface area (Å²) in [7, 11) is 0. The second-order valence-electron chi connectivity index (χ2n) is 4.04. The van der Waals surface area contributed by atoms with E-state index >= 15 is 0 Å². The van der Waals surface area contributed by atoms with E-state index in [-0.39, 0.29) is 12.6 Å². The van der Waals surface area contributed by atoms with E-state index in [0.29, 0.717) is 5.75 Å². The van der Waals surface area contributed by atoms with Crippen molar-refractivity contribution in [1.82, 2.24) is 10.6 Å². The summed E-state index contributed by atoms with van der Waals surface area (Å²) in [5.41, 5.74) is 0. The van der Waals surface area contributed by atoms with Gasteiger partial charge in [0.05, 0.1) is 0 Å². The molecular formula is C12H13BrN2O3. The zero-order chi connectivity index (χ0) is 13.0. The fourth-order valence-electron chi connectivity index (χ4n) is 1.32. The van der Waals surface area contributed by atoms with Crippen molar-refractivity contribution in [3.8, 4) is 5.75 Å². The molecule has 1 aliphatic carbocycles. The topological polar surface area (TPSA) is 67.4 Å². The Balaban J connectivity index is 1.72. The van der Waals surface area contributed by atoms with E-state index in [1.165, 1.54) is 0 Å². The Bertz CT molecular complexity index is 460. The molecule has 0 spiro atoms. The van der Waals surface area contributed by atoms with Gasteiger partial charge in [0, 0.05) is 10.5 Å². The molecule has 6 heteroatoms. The maximum Gasteiger partial charge on any atom is 0.321 e. The van der Waals surface area contributed by atoms with Crippen molar-refractivity contribution in [2.75, 3.05) is 6.61 Å². The van der Waals surface area contributed by atoms with Gasteiger partial charge in [0.1, 0.15) is 5.75 Å². The largest absolute Gasteiger partial charge is 0.484 e. The predicted molar refractivity (Wildman–Crippen MR) is 69.3 cm³/mol. The molecule has 0 aliphatic heterocycles. The quantitative estimate of drug-likeness (QED) is 0.891. The highest BCUT2D eigenvalue weighted by molar-refractivity contribution is 9.10. The zero-order valence-electron chi connectivity index (χ0n) is 9.61. The van der Waals surface area contributed by atoms with Gasteiger partial charge in [-0.2, -0.15) is 0 Å². The standard InChI is InChI=1S/C12H13BrN2O3/c13-8-2-1-3-10(6-8)18-7-11(16)15-12(17)14-9-4-5-9/h1-3,6,9H,4-5,7H2,(H2,14,15,16,17). The van der Waals surface area contributed by atoms with Crippen molar-refractivity contribution in [2.45, 2.75) is 18.9 Å². The molecule has 2 N–H and O–H groups in total. The van der Waals surface area contributed by atoms with Gasteiger partial charge < -0.3 is 10.1 Å². The molecule has 1 aliphatic rings. The molecule has 1 aromatic carbocycles. The molecule has 0 bridgehead atoms. The predicted octanol–water partition coefficient (Wildman–Crippen LogP) is 1.82. The fraction of sp³-hybridized carbons (Fsp3) is 0.333. The van der Waals surface area contributed by atoms with Crippen molar-refractivity contribution >= 4 is 27.9 Å². The minimum Gasteiger partial charge on any atom is -0.484 e. The first-order valence-electron chi connectivity index (χ1n) is 5.62. The molecule has 0 unspecified atom stereocenters. The molecule has 0 saturated heterocycles. The molecule has 5 nitrogen and oxygen atoms in total. The molecule has 96 valence electrons. The number of urea groups is 1. The van der Waals surface area contributed by atoms with Gasteiger partial charge in [-0.1, -0.05) is 22.0 Å². The Morgan fingerprint density at radius 3 is 2.83 bits per heavy atom. The van der Waals surface area contributed by atoms with Gasteiger partial charge in [0.15, 0.2) is 6.61 Å². The van der Waals surface area contributed by atoms with Gasteiger partial charge in [-0.05, 0) is 31.0 Å². The molecule has 18 heavy (non-hydrogen) atoms. The molecule has 2 rings (SSSR count). The Morgan fingerprint density at radius 2 is 2.17 bits per heavy atom. The molecule has 0 radical (unpaired) electrons. The highest BCUT2D eigenvalue weighted by Gasteiger charge is 2.23. The molecule has 0 aromatic heterocycles. The number of amides is 3. The number of hydrogen-bond acceptors (Lipinski definition) is 3. The first-order valence-corrected chi connectivity index (χ1v) is 6.41. The molecule has 0 heterocycles. The van der Waals surface area contributed by atoms with Gasteiger partial charge in [0.2, 0.25) is 0 Å². The summed E-state index contributed by atoms with van der Waals surface area (Å²) in [5, 5.41) is 4.87. The van der Waals surface area contributed by atoms with E-state index < -0.39 is 11.9 Å². The minimum atomic E-state index is -0.465. The summed E-state index contributed by atoms with van der Waals surface area (Å²) in [6.45, 7) is -0.186. The normalized spacial score (nSPS) is 13.8. The third-order valence-corrected chi connectivity index (χ3v) is 2.82. The van der Waals surface area contributed by atoms with E-state index in [1.54, 1.807) is 18.2 Å². The lowest BCUT2D eigenvalue weighted by Crippen LogP contribution is -2.42. The van der Waals surface area contributed by atoms with E-state index in [4.69, 9.17) is 4.74 Å². The summed E-state index contributed by atoms with van der Waals surface area (Å²) >= 11 is 3.30. The van der Waals surface area contributed by atoms with Gasteiger partial charge in [-0.3, -0.25) is 10.1 Å². The van der Waals surface area contributed by atoms with Crippen LogP contribution in [-0.4, -0.2) is 24.6 Å². The number of carbonyl (C=O) groups excluding carboxylic acids is 2. The number of hydrogen-bond donors (Lipinski definition) is 2. The number of benzene rings is 1. The second kappa shape index (κ2) is 5.86. The van der Waals surface area contributed by atoms with E-state index in [2.05, 4.69) is 26.6 Å². The van der Waals surface area contributed by atoms with Crippen LogP contribution in [0.4, 0.5) is 4.79 Å². The van der Waals surface area contributed by atoms with Crippen LogP contribution in [0.25, 0.3) is 0 Å².